The Balaban J connectivity index is 1.59. The first-order valence-corrected chi connectivity index (χ1v) is 9.46. The van der Waals surface area contributed by atoms with Crippen molar-refractivity contribution in [2.75, 3.05) is 0 Å². The molecule has 0 saturated carbocycles. The summed E-state index contributed by atoms with van der Waals surface area (Å²) in [6.07, 6.45) is 3.31. The molecule has 0 atom stereocenters. The monoisotopic (exact) mass is 417 g/mol. The molecule has 0 aliphatic rings. The highest BCUT2D eigenvalue weighted by molar-refractivity contribution is 6.00. The first kappa shape index (κ1) is 20.0. The van der Waals surface area contributed by atoms with Crippen LogP contribution in [0.4, 0.5) is 11.4 Å². The Morgan fingerprint density at radius 3 is 2.35 bits per heavy atom. The molecule has 4 aromatic rings. The molecule has 156 valence electrons. The van der Waals surface area contributed by atoms with Gasteiger partial charge < -0.3 is 4.57 Å². The Hall–Kier alpha value is -4.34. The zero-order valence-electron chi connectivity index (χ0n) is 16.9. The number of nitro benzene ring substituents is 1. The molecule has 0 aliphatic carbocycles. The highest BCUT2D eigenvalue weighted by Crippen LogP contribution is 2.18. The number of nitro groups is 1. The van der Waals surface area contributed by atoms with Crippen LogP contribution in [0.15, 0.2) is 71.0 Å². The van der Waals surface area contributed by atoms with Crippen LogP contribution in [0.2, 0.25) is 0 Å². The topological polar surface area (TPSA) is 124 Å². The summed E-state index contributed by atoms with van der Waals surface area (Å²) in [6, 6.07) is 13.5. The molecule has 4 rings (SSSR count). The molecular formula is C21H19N7O3. The summed E-state index contributed by atoms with van der Waals surface area (Å²) >= 11 is 0. The molecule has 0 bridgehead atoms. The molecule has 0 spiro atoms. The Bertz CT molecular complexity index is 1300. The van der Waals surface area contributed by atoms with Gasteiger partial charge in [-0.15, -0.1) is 10.2 Å². The van der Waals surface area contributed by atoms with E-state index >= 15 is 0 Å². The zero-order valence-corrected chi connectivity index (χ0v) is 16.9. The number of non-ortho nitro benzene ring substituents is 1. The van der Waals surface area contributed by atoms with Crippen LogP contribution in [0.25, 0.3) is 5.69 Å². The lowest BCUT2D eigenvalue weighted by Gasteiger charge is -2.03. The average molecular weight is 417 g/mol. The minimum Gasteiger partial charge on any atom is -0.316 e. The van der Waals surface area contributed by atoms with E-state index in [-0.39, 0.29) is 11.2 Å². The van der Waals surface area contributed by atoms with Gasteiger partial charge in [0.15, 0.2) is 0 Å². The largest absolute Gasteiger partial charge is 0.316 e. The van der Waals surface area contributed by atoms with Crippen molar-refractivity contribution in [1.29, 1.82) is 0 Å². The third-order valence-electron chi connectivity index (χ3n) is 4.82. The standard InChI is InChI=1S/C21H19N7O3/c1-14(24-17-5-3-16(4-6-17)11-26-12-22-23-13-26)20-15(2)25-27(21(20)29)18-7-9-19(10-8-18)28(30)31/h3-10,12-13,25H,11H2,1-2H3. The maximum absolute atomic E-state index is 13.0. The molecule has 2 aromatic heterocycles. The van der Waals surface area contributed by atoms with E-state index in [1.807, 2.05) is 28.8 Å². The van der Waals surface area contributed by atoms with E-state index in [9.17, 15) is 14.9 Å². The lowest BCUT2D eigenvalue weighted by Crippen LogP contribution is -2.19. The van der Waals surface area contributed by atoms with Gasteiger partial charge in [-0.1, -0.05) is 12.1 Å². The van der Waals surface area contributed by atoms with Gasteiger partial charge >= 0.3 is 0 Å². The van der Waals surface area contributed by atoms with Crippen molar-refractivity contribution in [2.45, 2.75) is 20.4 Å². The van der Waals surface area contributed by atoms with Gasteiger partial charge in [-0.25, -0.2) is 4.68 Å². The highest BCUT2D eigenvalue weighted by atomic mass is 16.6. The number of nitrogens with zero attached hydrogens (tertiary/aromatic N) is 6. The van der Waals surface area contributed by atoms with Crippen LogP contribution in [-0.2, 0) is 6.54 Å². The van der Waals surface area contributed by atoms with E-state index in [4.69, 9.17) is 0 Å². The molecule has 0 saturated heterocycles. The molecule has 2 heterocycles. The van der Waals surface area contributed by atoms with E-state index in [1.54, 1.807) is 26.5 Å². The molecule has 10 heteroatoms. The van der Waals surface area contributed by atoms with E-state index in [1.165, 1.54) is 28.9 Å². The van der Waals surface area contributed by atoms with Crippen LogP contribution in [0.5, 0.6) is 0 Å². The van der Waals surface area contributed by atoms with Gasteiger partial charge in [-0.3, -0.25) is 25.0 Å². The second-order valence-electron chi connectivity index (χ2n) is 7.02. The molecule has 31 heavy (non-hydrogen) atoms. The van der Waals surface area contributed by atoms with Gasteiger partial charge in [0.05, 0.1) is 27.6 Å². The number of aliphatic imine (C=N–C) groups is 1. The van der Waals surface area contributed by atoms with Crippen molar-refractivity contribution >= 4 is 17.1 Å². The van der Waals surface area contributed by atoms with Crippen LogP contribution in [0.1, 0.15) is 23.7 Å². The molecule has 2 aromatic carbocycles. The highest BCUT2D eigenvalue weighted by Gasteiger charge is 2.16. The average Bonchev–Trinajstić information content (AvgIpc) is 3.37. The van der Waals surface area contributed by atoms with Gasteiger partial charge in [0, 0.05) is 24.4 Å². The number of rotatable bonds is 6. The summed E-state index contributed by atoms with van der Waals surface area (Å²) in [4.78, 5) is 27.9. The smallest absolute Gasteiger partial charge is 0.280 e. The summed E-state index contributed by atoms with van der Waals surface area (Å²) < 4.78 is 3.23. The quantitative estimate of drug-likeness (QED) is 0.293. The first-order chi connectivity index (χ1) is 14.9. The Morgan fingerprint density at radius 2 is 1.74 bits per heavy atom. The molecule has 0 radical (unpaired) electrons. The summed E-state index contributed by atoms with van der Waals surface area (Å²) in [7, 11) is 0. The summed E-state index contributed by atoms with van der Waals surface area (Å²) in [5, 5.41) is 21.4. The van der Waals surface area contributed by atoms with Crippen molar-refractivity contribution in [3.05, 3.63) is 98.5 Å². The normalized spacial score (nSPS) is 11.6. The predicted octanol–water partition coefficient (Wildman–Crippen LogP) is 3.16. The predicted molar refractivity (Wildman–Crippen MR) is 115 cm³/mol. The molecule has 10 nitrogen and oxygen atoms in total. The SMILES string of the molecule is CC(=Nc1ccc(Cn2cnnc2)cc1)c1c(C)[nH]n(-c2ccc([N+](=O)[O-])cc2)c1=O. The van der Waals surface area contributed by atoms with Crippen LogP contribution in [-0.4, -0.2) is 35.2 Å². The number of H-pyrrole nitrogens is 1. The summed E-state index contributed by atoms with van der Waals surface area (Å²) in [5.74, 6) is 0. The van der Waals surface area contributed by atoms with Crippen molar-refractivity contribution < 1.29 is 4.92 Å². The van der Waals surface area contributed by atoms with Crippen LogP contribution in [0.3, 0.4) is 0 Å². The molecule has 0 fully saturated rings. The van der Waals surface area contributed by atoms with E-state index in [2.05, 4.69) is 20.3 Å². The van der Waals surface area contributed by atoms with Crippen molar-refractivity contribution in [3.8, 4) is 5.69 Å². The summed E-state index contributed by atoms with van der Waals surface area (Å²) in [5.41, 5.74) is 3.71. The van der Waals surface area contributed by atoms with Crippen molar-refractivity contribution in [1.82, 2.24) is 24.5 Å². The van der Waals surface area contributed by atoms with Gasteiger partial charge in [0.2, 0.25) is 0 Å². The van der Waals surface area contributed by atoms with Crippen molar-refractivity contribution in [3.63, 3.8) is 0 Å². The lowest BCUT2D eigenvalue weighted by molar-refractivity contribution is -0.384. The number of aromatic amines is 1. The van der Waals surface area contributed by atoms with E-state index in [0.717, 1.165) is 11.3 Å². The maximum Gasteiger partial charge on any atom is 0.280 e. The number of aryl methyl sites for hydroxylation is 1. The number of nitrogens with one attached hydrogen (secondary N) is 1. The van der Waals surface area contributed by atoms with Crippen LogP contribution >= 0.6 is 0 Å². The number of benzene rings is 2. The second-order valence-corrected chi connectivity index (χ2v) is 7.02. The van der Waals surface area contributed by atoms with E-state index in [0.29, 0.717) is 29.2 Å². The van der Waals surface area contributed by atoms with Gasteiger partial charge in [-0.05, 0) is 43.7 Å². The third-order valence-corrected chi connectivity index (χ3v) is 4.82. The molecule has 0 unspecified atom stereocenters. The number of aromatic nitrogens is 5. The first-order valence-electron chi connectivity index (χ1n) is 9.46. The fourth-order valence-electron chi connectivity index (χ4n) is 3.32. The lowest BCUT2D eigenvalue weighted by atomic mass is 10.1. The summed E-state index contributed by atoms with van der Waals surface area (Å²) in [6.45, 7) is 4.23. The Kier molecular flexibility index (Phi) is 5.27. The molecule has 0 amide bonds. The Labute approximate surface area is 176 Å². The van der Waals surface area contributed by atoms with Gasteiger partial charge in [0.25, 0.3) is 11.2 Å². The fourth-order valence-corrected chi connectivity index (χ4v) is 3.32. The molecular weight excluding hydrogens is 398 g/mol. The number of hydrogen-bond acceptors (Lipinski definition) is 6. The van der Waals surface area contributed by atoms with E-state index < -0.39 is 4.92 Å². The number of hydrogen-bond donors (Lipinski definition) is 1. The fraction of sp³-hybridized carbons (Fsp3) is 0.143. The minimum atomic E-state index is -0.480. The second kappa shape index (κ2) is 8.19. The zero-order chi connectivity index (χ0) is 22.0. The van der Waals surface area contributed by atoms with Gasteiger partial charge in [-0.2, -0.15) is 0 Å². The Morgan fingerprint density at radius 1 is 1.10 bits per heavy atom. The van der Waals surface area contributed by atoms with Crippen molar-refractivity contribution in [2.24, 2.45) is 4.99 Å². The minimum absolute atomic E-state index is 0.0363. The maximum atomic E-state index is 13.0. The van der Waals surface area contributed by atoms with Gasteiger partial charge in [0.1, 0.15) is 12.7 Å². The molecule has 1 N–H and O–H groups in total. The van der Waals surface area contributed by atoms with Crippen LogP contribution in [0, 0.1) is 17.0 Å². The molecule has 0 aliphatic heterocycles. The van der Waals surface area contributed by atoms with Crippen LogP contribution < -0.4 is 5.56 Å². The third kappa shape index (κ3) is 4.17.